The molecule has 3 N–H and O–H groups in total. The minimum atomic E-state index is -3.05. The maximum Gasteiger partial charge on any atom is 0.239 e. The van der Waals surface area contributed by atoms with Crippen molar-refractivity contribution in [3.8, 4) is 0 Å². The summed E-state index contributed by atoms with van der Waals surface area (Å²) in [6.45, 7) is 4.82. The fourth-order valence-corrected chi connectivity index (χ4v) is 3.30. The van der Waals surface area contributed by atoms with E-state index in [1.165, 1.54) is 0 Å². The third kappa shape index (κ3) is 6.85. The zero-order chi connectivity index (χ0) is 15.2. The smallest absolute Gasteiger partial charge is 0.239 e. The molecule has 8 heteroatoms. The summed E-state index contributed by atoms with van der Waals surface area (Å²) in [5.74, 6) is -0.121. The number of hydrogen-bond acceptors (Lipinski definition) is 5. The third-order valence-electron chi connectivity index (χ3n) is 2.89. The van der Waals surface area contributed by atoms with Crippen molar-refractivity contribution in [2.24, 2.45) is 5.92 Å². The maximum absolute atomic E-state index is 11.6. The highest BCUT2D eigenvalue weighted by Crippen LogP contribution is 2.04. The predicted octanol–water partition coefficient (Wildman–Crippen LogP) is -1.35. The van der Waals surface area contributed by atoms with Crippen LogP contribution in [0.2, 0.25) is 0 Å². The molecule has 0 bridgehead atoms. The summed E-state index contributed by atoms with van der Waals surface area (Å²) in [6, 6.07) is -0.368. The van der Waals surface area contributed by atoms with E-state index >= 15 is 0 Å². The van der Waals surface area contributed by atoms with E-state index in [9.17, 15) is 18.0 Å². The lowest BCUT2D eigenvalue weighted by molar-refractivity contribution is -0.126. The molecular weight excluding hydrogens is 282 g/mol. The molecule has 0 aromatic rings. The Hall–Kier alpha value is -1.15. The van der Waals surface area contributed by atoms with Crippen molar-refractivity contribution >= 4 is 21.7 Å². The van der Waals surface area contributed by atoms with Crippen LogP contribution in [-0.4, -0.2) is 57.4 Å². The largest absolute Gasteiger partial charge is 0.354 e. The van der Waals surface area contributed by atoms with Crippen molar-refractivity contribution < 1.29 is 18.0 Å². The fraction of sp³-hybridized carbons (Fsp3) is 0.833. The lowest BCUT2D eigenvalue weighted by Gasteiger charge is -2.23. The Labute approximate surface area is 119 Å². The summed E-state index contributed by atoms with van der Waals surface area (Å²) in [4.78, 5) is 23.0. The predicted molar refractivity (Wildman–Crippen MR) is 75.9 cm³/mol. The quantitative estimate of drug-likeness (QED) is 0.563. The minimum Gasteiger partial charge on any atom is -0.354 e. The van der Waals surface area contributed by atoms with Crippen molar-refractivity contribution in [3.05, 3.63) is 0 Å². The summed E-state index contributed by atoms with van der Waals surface area (Å²) in [5.41, 5.74) is 0. The number of carbonyl (C=O) groups is 2. The van der Waals surface area contributed by atoms with Gasteiger partial charge in [0.25, 0.3) is 0 Å². The molecule has 1 rings (SSSR count). The highest BCUT2D eigenvalue weighted by atomic mass is 32.2. The van der Waals surface area contributed by atoms with E-state index in [-0.39, 0.29) is 42.3 Å². The van der Waals surface area contributed by atoms with Crippen molar-refractivity contribution in [1.82, 2.24) is 16.0 Å². The van der Waals surface area contributed by atoms with Crippen molar-refractivity contribution in [3.63, 3.8) is 0 Å². The number of amides is 2. The molecule has 0 saturated carbocycles. The van der Waals surface area contributed by atoms with Gasteiger partial charge in [0.05, 0.1) is 18.1 Å². The molecular formula is C12H23N3O4S. The zero-order valence-electron chi connectivity index (χ0n) is 11.9. The average molecular weight is 305 g/mol. The van der Waals surface area contributed by atoms with E-state index in [2.05, 4.69) is 16.0 Å². The SMILES string of the molecule is CC(C)CNC(=O)CNC(=O)CC1CS(=O)(=O)CCN1. The molecule has 1 aliphatic rings. The van der Waals surface area contributed by atoms with Gasteiger partial charge >= 0.3 is 0 Å². The lowest BCUT2D eigenvalue weighted by Crippen LogP contribution is -2.48. The zero-order valence-corrected chi connectivity index (χ0v) is 12.8. The van der Waals surface area contributed by atoms with Crippen LogP contribution < -0.4 is 16.0 Å². The second kappa shape index (κ2) is 7.58. The first-order chi connectivity index (χ1) is 9.28. The van der Waals surface area contributed by atoms with Crippen LogP contribution in [0.3, 0.4) is 0 Å². The molecule has 0 aromatic heterocycles. The van der Waals surface area contributed by atoms with Gasteiger partial charge in [-0.15, -0.1) is 0 Å². The van der Waals surface area contributed by atoms with Crippen LogP contribution in [0.1, 0.15) is 20.3 Å². The number of rotatable bonds is 6. The molecule has 1 heterocycles. The summed E-state index contributed by atoms with van der Waals surface area (Å²) in [6.07, 6.45) is 0.0662. The number of carbonyl (C=O) groups excluding carboxylic acids is 2. The second-order valence-electron chi connectivity index (χ2n) is 5.44. The second-order valence-corrected chi connectivity index (χ2v) is 7.67. The Morgan fingerprint density at radius 1 is 1.25 bits per heavy atom. The van der Waals surface area contributed by atoms with Crippen LogP contribution in [0.15, 0.2) is 0 Å². The first kappa shape index (κ1) is 16.9. The Bertz CT molecular complexity index is 448. The van der Waals surface area contributed by atoms with Crippen LogP contribution in [-0.2, 0) is 19.4 Å². The van der Waals surface area contributed by atoms with Gasteiger partial charge in [-0.2, -0.15) is 0 Å². The molecule has 1 aliphatic heterocycles. The number of hydrogen-bond donors (Lipinski definition) is 3. The van der Waals surface area contributed by atoms with Crippen molar-refractivity contribution in [2.75, 3.05) is 31.1 Å². The molecule has 1 unspecified atom stereocenters. The average Bonchev–Trinajstić information content (AvgIpc) is 2.32. The molecule has 116 valence electrons. The Morgan fingerprint density at radius 2 is 1.95 bits per heavy atom. The van der Waals surface area contributed by atoms with Gasteiger partial charge in [-0.05, 0) is 5.92 Å². The van der Waals surface area contributed by atoms with Gasteiger partial charge in [-0.25, -0.2) is 8.42 Å². The van der Waals surface area contributed by atoms with Gasteiger partial charge in [0.15, 0.2) is 9.84 Å². The molecule has 20 heavy (non-hydrogen) atoms. The fourth-order valence-electron chi connectivity index (χ4n) is 1.85. The van der Waals surface area contributed by atoms with Crippen molar-refractivity contribution in [1.29, 1.82) is 0 Å². The summed E-state index contributed by atoms with van der Waals surface area (Å²) < 4.78 is 22.8. The van der Waals surface area contributed by atoms with E-state index < -0.39 is 9.84 Å². The molecule has 1 atom stereocenters. The molecule has 0 aromatic carbocycles. The van der Waals surface area contributed by atoms with E-state index in [1.54, 1.807) is 0 Å². The molecule has 1 fully saturated rings. The van der Waals surface area contributed by atoms with Crippen LogP contribution in [0.4, 0.5) is 0 Å². The van der Waals surface area contributed by atoms with E-state index in [0.29, 0.717) is 19.0 Å². The third-order valence-corrected chi connectivity index (χ3v) is 4.62. The molecule has 2 amide bonds. The lowest BCUT2D eigenvalue weighted by atomic mass is 10.2. The molecule has 1 saturated heterocycles. The van der Waals surface area contributed by atoms with Crippen LogP contribution in [0.25, 0.3) is 0 Å². The molecule has 0 aliphatic carbocycles. The van der Waals surface area contributed by atoms with Crippen molar-refractivity contribution in [2.45, 2.75) is 26.3 Å². The molecule has 0 spiro atoms. The maximum atomic E-state index is 11.6. The van der Waals surface area contributed by atoms with E-state index in [0.717, 1.165) is 0 Å². The Kier molecular flexibility index (Phi) is 6.41. The summed E-state index contributed by atoms with van der Waals surface area (Å²) >= 11 is 0. The van der Waals surface area contributed by atoms with Crippen LogP contribution in [0.5, 0.6) is 0 Å². The van der Waals surface area contributed by atoms with Gasteiger partial charge in [-0.3, -0.25) is 9.59 Å². The first-order valence-corrected chi connectivity index (χ1v) is 8.58. The van der Waals surface area contributed by atoms with Crippen LogP contribution in [0, 0.1) is 5.92 Å². The van der Waals surface area contributed by atoms with Gasteiger partial charge in [0.2, 0.25) is 11.8 Å². The Balaban J connectivity index is 2.25. The monoisotopic (exact) mass is 305 g/mol. The van der Waals surface area contributed by atoms with Gasteiger partial charge in [0, 0.05) is 25.6 Å². The minimum absolute atomic E-state index is 0.0278. The van der Waals surface area contributed by atoms with Crippen LogP contribution >= 0.6 is 0 Å². The summed E-state index contributed by atoms with van der Waals surface area (Å²) in [5, 5.41) is 8.18. The van der Waals surface area contributed by atoms with Gasteiger partial charge in [0.1, 0.15) is 0 Å². The standard InChI is InChI=1S/C12H23N3O4S/c1-9(2)6-14-12(17)7-15-11(16)5-10-8-20(18,19)4-3-13-10/h9-10,13H,3-8H2,1-2H3,(H,14,17)(H,15,16). The van der Waals surface area contributed by atoms with Gasteiger partial charge in [-0.1, -0.05) is 13.8 Å². The number of sulfone groups is 1. The molecule has 0 radical (unpaired) electrons. The first-order valence-electron chi connectivity index (χ1n) is 6.75. The number of nitrogens with one attached hydrogen (secondary N) is 3. The molecule has 7 nitrogen and oxygen atoms in total. The highest BCUT2D eigenvalue weighted by molar-refractivity contribution is 7.91. The van der Waals surface area contributed by atoms with Gasteiger partial charge < -0.3 is 16.0 Å². The topological polar surface area (TPSA) is 104 Å². The normalized spacial score (nSPS) is 21.4. The van der Waals surface area contributed by atoms with E-state index in [4.69, 9.17) is 0 Å². The highest BCUT2D eigenvalue weighted by Gasteiger charge is 2.25. The van der Waals surface area contributed by atoms with E-state index in [1.807, 2.05) is 13.8 Å². The summed E-state index contributed by atoms with van der Waals surface area (Å²) in [7, 11) is -3.05. The Morgan fingerprint density at radius 3 is 2.55 bits per heavy atom.